The molecule has 2 saturated heterocycles. The van der Waals surface area contributed by atoms with Gasteiger partial charge in [0.15, 0.2) is 0 Å². The normalized spacial score (nSPS) is 27.8. The predicted molar refractivity (Wildman–Crippen MR) is 128 cm³/mol. The molecular weight excluding hydrogens is 448 g/mol. The van der Waals surface area contributed by atoms with Gasteiger partial charge in [0, 0.05) is 43.2 Å². The number of piperazine rings is 1. The number of carbonyl (C=O) groups excluding carboxylic acids is 5. The molecule has 1 N–H and O–H groups in total. The molecule has 186 valence electrons. The Labute approximate surface area is 204 Å². The third kappa shape index (κ3) is 4.10. The lowest BCUT2D eigenvalue weighted by molar-refractivity contribution is -0.141. The summed E-state index contributed by atoms with van der Waals surface area (Å²) in [5.41, 5.74) is 1.37. The van der Waals surface area contributed by atoms with Crippen LogP contribution in [-0.4, -0.2) is 70.6 Å². The van der Waals surface area contributed by atoms with Crippen LogP contribution < -0.4 is 10.2 Å². The van der Waals surface area contributed by atoms with E-state index in [4.69, 9.17) is 0 Å². The van der Waals surface area contributed by atoms with Gasteiger partial charge in [-0.3, -0.25) is 34.2 Å². The van der Waals surface area contributed by atoms with Crippen molar-refractivity contribution < 1.29 is 24.0 Å². The smallest absolute Gasteiger partial charge is 0.262 e. The SMILES string of the molecule is C[C@@H]1CN(c2ccc3c(c2)C(=O)N(C2CCC(=O)NC2=O)C3=O)C[C@H](C)N1C(=O)C1CCCCC1. The van der Waals surface area contributed by atoms with Gasteiger partial charge in [-0.1, -0.05) is 19.3 Å². The molecule has 0 aromatic heterocycles. The Hall–Kier alpha value is -3.23. The maximum absolute atomic E-state index is 13.2. The predicted octanol–water partition coefficient (Wildman–Crippen LogP) is 2.09. The maximum atomic E-state index is 13.2. The number of carbonyl (C=O) groups is 5. The minimum Gasteiger partial charge on any atom is -0.367 e. The van der Waals surface area contributed by atoms with Crippen LogP contribution in [0, 0.1) is 5.92 Å². The van der Waals surface area contributed by atoms with Crippen molar-refractivity contribution >= 4 is 35.2 Å². The molecule has 1 saturated carbocycles. The van der Waals surface area contributed by atoms with E-state index in [1.807, 2.05) is 11.0 Å². The van der Waals surface area contributed by atoms with Crippen LogP contribution in [0.15, 0.2) is 18.2 Å². The summed E-state index contributed by atoms with van der Waals surface area (Å²) >= 11 is 0. The number of hydrogen-bond donors (Lipinski definition) is 1. The number of nitrogens with zero attached hydrogens (tertiary/aromatic N) is 3. The molecule has 9 nitrogen and oxygen atoms in total. The summed E-state index contributed by atoms with van der Waals surface area (Å²) in [5.74, 6) is -1.63. The fourth-order valence-electron chi connectivity index (χ4n) is 6.18. The number of piperidine rings is 1. The maximum Gasteiger partial charge on any atom is 0.262 e. The zero-order valence-corrected chi connectivity index (χ0v) is 20.3. The number of imide groups is 2. The van der Waals surface area contributed by atoms with Gasteiger partial charge in [0.2, 0.25) is 17.7 Å². The fraction of sp³-hybridized carbons (Fsp3) is 0.577. The molecule has 3 atom stereocenters. The van der Waals surface area contributed by atoms with Gasteiger partial charge >= 0.3 is 0 Å². The number of fused-ring (bicyclic) bond motifs is 1. The molecule has 0 bridgehead atoms. The topological polar surface area (TPSA) is 107 Å². The van der Waals surface area contributed by atoms with Crippen molar-refractivity contribution in [3.8, 4) is 0 Å². The summed E-state index contributed by atoms with van der Waals surface area (Å²) in [5, 5.41) is 2.22. The summed E-state index contributed by atoms with van der Waals surface area (Å²) in [6.45, 7) is 5.41. The summed E-state index contributed by atoms with van der Waals surface area (Å²) in [7, 11) is 0. The van der Waals surface area contributed by atoms with Gasteiger partial charge in [-0.15, -0.1) is 0 Å². The molecule has 0 radical (unpaired) electrons. The Morgan fingerprint density at radius 1 is 0.886 bits per heavy atom. The van der Waals surface area contributed by atoms with E-state index < -0.39 is 29.7 Å². The van der Waals surface area contributed by atoms with E-state index in [9.17, 15) is 24.0 Å². The number of anilines is 1. The van der Waals surface area contributed by atoms with Crippen molar-refractivity contribution in [3.05, 3.63) is 29.3 Å². The van der Waals surface area contributed by atoms with Crippen molar-refractivity contribution in [1.82, 2.24) is 15.1 Å². The Morgan fingerprint density at radius 2 is 1.54 bits per heavy atom. The molecule has 3 heterocycles. The number of nitrogens with one attached hydrogen (secondary N) is 1. The molecule has 35 heavy (non-hydrogen) atoms. The quantitative estimate of drug-likeness (QED) is 0.664. The van der Waals surface area contributed by atoms with Gasteiger partial charge in [-0.2, -0.15) is 0 Å². The molecule has 4 aliphatic rings. The summed E-state index contributed by atoms with van der Waals surface area (Å²) in [4.78, 5) is 68.4. The molecule has 3 aliphatic heterocycles. The Balaban J connectivity index is 1.33. The number of benzene rings is 1. The minimum absolute atomic E-state index is 0.0266. The second-order valence-electron chi connectivity index (χ2n) is 10.4. The molecule has 1 aliphatic carbocycles. The molecule has 3 fully saturated rings. The van der Waals surface area contributed by atoms with E-state index in [1.54, 1.807) is 12.1 Å². The van der Waals surface area contributed by atoms with Crippen molar-refractivity contribution in [2.24, 2.45) is 5.92 Å². The minimum atomic E-state index is -0.974. The van der Waals surface area contributed by atoms with E-state index in [0.29, 0.717) is 13.1 Å². The molecule has 1 aromatic carbocycles. The van der Waals surface area contributed by atoms with E-state index in [2.05, 4.69) is 24.1 Å². The molecule has 1 unspecified atom stereocenters. The highest BCUT2D eigenvalue weighted by atomic mass is 16.2. The lowest BCUT2D eigenvalue weighted by atomic mass is 9.87. The van der Waals surface area contributed by atoms with Crippen LogP contribution in [0.3, 0.4) is 0 Å². The van der Waals surface area contributed by atoms with Crippen LogP contribution in [0.25, 0.3) is 0 Å². The summed E-state index contributed by atoms with van der Waals surface area (Å²) in [6, 6.07) is 4.27. The Kier molecular flexibility index (Phi) is 6.11. The van der Waals surface area contributed by atoms with E-state index in [-0.39, 0.29) is 47.9 Å². The van der Waals surface area contributed by atoms with Crippen LogP contribution in [0.2, 0.25) is 0 Å². The summed E-state index contributed by atoms with van der Waals surface area (Å²) < 4.78 is 0. The fourth-order valence-corrected chi connectivity index (χ4v) is 6.18. The first-order valence-corrected chi connectivity index (χ1v) is 12.7. The van der Waals surface area contributed by atoms with E-state index in [0.717, 1.165) is 36.3 Å². The van der Waals surface area contributed by atoms with Crippen LogP contribution in [-0.2, 0) is 14.4 Å². The van der Waals surface area contributed by atoms with Crippen molar-refractivity contribution in [3.63, 3.8) is 0 Å². The second kappa shape index (κ2) is 9.09. The highest BCUT2D eigenvalue weighted by molar-refractivity contribution is 6.23. The molecular formula is C26H32N4O5. The largest absolute Gasteiger partial charge is 0.367 e. The van der Waals surface area contributed by atoms with Crippen LogP contribution in [0.4, 0.5) is 5.69 Å². The first kappa shape index (κ1) is 23.5. The van der Waals surface area contributed by atoms with E-state index >= 15 is 0 Å². The Morgan fingerprint density at radius 3 is 2.20 bits per heavy atom. The van der Waals surface area contributed by atoms with Crippen molar-refractivity contribution in [1.29, 1.82) is 0 Å². The van der Waals surface area contributed by atoms with Crippen molar-refractivity contribution in [2.75, 3.05) is 18.0 Å². The molecule has 1 aromatic rings. The second-order valence-corrected chi connectivity index (χ2v) is 10.4. The molecule has 5 rings (SSSR count). The average molecular weight is 481 g/mol. The summed E-state index contributed by atoms with van der Waals surface area (Å²) in [6.07, 6.45) is 5.63. The van der Waals surface area contributed by atoms with Gasteiger partial charge in [0.05, 0.1) is 11.1 Å². The molecule has 9 heteroatoms. The molecule has 0 spiro atoms. The van der Waals surface area contributed by atoms with Crippen LogP contribution in [0.5, 0.6) is 0 Å². The molecule has 5 amide bonds. The van der Waals surface area contributed by atoms with Gasteiger partial charge in [-0.05, 0) is 51.3 Å². The number of amides is 5. The monoisotopic (exact) mass is 480 g/mol. The number of hydrogen-bond acceptors (Lipinski definition) is 6. The van der Waals surface area contributed by atoms with Gasteiger partial charge in [0.25, 0.3) is 11.8 Å². The average Bonchev–Trinajstić information content (AvgIpc) is 3.08. The lowest BCUT2D eigenvalue weighted by Crippen LogP contribution is -2.60. The van der Waals surface area contributed by atoms with Crippen molar-refractivity contribution in [2.45, 2.75) is 76.9 Å². The van der Waals surface area contributed by atoms with Gasteiger partial charge in [0.1, 0.15) is 6.04 Å². The highest BCUT2D eigenvalue weighted by Gasteiger charge is 2.45. The van der Waals surface area contributed by atoms with Gasteiger partial charge in [-0.25, -0.2) is 0 Å². The zero-order chi connectivity index (χ0) is 24.9. The van der Waals surface area contributed by atoms with E-state index in [1.165, 1.54) is 6.42 Å². The van der Waals surface area contributed by atoms with Crippen LogP contribution in [0.1, 0.15) is 79.5 Å². The standard InChI is InChI=1S/C26H32N4O5/c1-15-13-28(14-16(2)29(15)24(33)17-6-4-3-5-7-17)18-8-9-19-20(12-18)26(35)30(25(19)34)21-10-11-22(31)27-23(21)32/h8-9,12,15-17,21H,3-7,10-11,13-14H2,1-2H3,(H,27,31,32)/t15-,16+,21?. The Bertz CT molecular complexity index is 1080. The lowest BCUT2D eigenvalue weighted by Gasteiger charge is -2.47. The van der Waals surface area contributed by atoms with Crippen LogP contribution >= 0.6 is 0 Å². The number of rotatable bonds is 3. The first-order valence-electron chi connectivity index (χ1n) is 12.7. The van der Waals surface area contributed by atoms with Gasteiger partial charge < -0.3 is 9.80 Å². The zero-order valence-electron chi connectivity index (χ0n) is 20.3. The first-order chi connectivity index (χ1) is 16.8. The third-order valence-corrected chi connectivity index (χ3v) is 7.92. The third-order valence-electron chi connectivity index (χ3n) is 7.92. The highest BCUT2D eigenvalue weighted by Crippen LogP contribution is 2.33.